The van der Waals surface area contributed by atoms with Crippen LogP contribution in [-0.4, -0.2) is 75.0 Å². The SMILES string of the molecule is CCCCC(CC)COC(=O)CCSc1nn(C2CCCCO2)c2nc(N3CCC(C)(NC(=O)OC(C)(C)C)CC3)cnc12. The molecule has 4 heterocycles. The van der Waals surface area contributed by atoms with Gasteiger partial charge in [0.25, 0.3) is 0 Å². The number of nitrogens with zero attached hydrogens (tertiary/aromatic N) is 5. The van der Waals surface area contributed by atoms with Crippen molar-refractivity contribution < 1.29 is 23.8 Å². The third-order valence-electron chi connectivity index (χ3n) is 8.35. The summed E-state index contributed by atoms with van der Waals surface area (Å²) in [6.07, 6.45) is 10.5. The lowest BCUT2D eigenvalue weighted by atomic mass is 9.90. The van der Waals surface area contributed by atoms with Crippen molar-refractivity contribution in [3.63, 3.8) is 0 Å². The Morgan fingerprint density at radius 2 is 2.00 bits per heavy atom. The van der Waals surface area contributed by atoms with E-state index in [1.165, 1.54) is 11.8 Å². The molecule has 0 saturated carbocycles. The maximum atomic E-state index is 12.5. The van der Waals surface area contributed by atoms with Gasteiger partial charge >= 0.3 is 12.1 Å². The van der Waals surface area contributed by atoms with E-state index in [0.717, 1.165) is 87.2 Å². The smallest absolute Gasteiger partial charge is 0.408 e. The Hall–Kier alpha value is -2.60. The van der Waals surface area contributed by atoms with Gasteiger partial charge in [0.05, 0.1) is 19.2 Å². The van der Waals surface area contributed by atoms with Crippen LogP contribution in [0.25, 0.3) is 11.2 Å². The topological polar surface area (TPSA) is 121 Å². The van der Waals surface area contributed by atoms with E-state index in [1.807, 2.05) is 25.5 Å². The summed E-state index contributed by atoms with van der Waals surface area (Å²) in [5.41, 5.74) is 0.525. The van der Waals surface area contributed by atoms with Crippen LogP contribution in [0.4, 0.5) is 10.6 Å². The van der Waals surface area contributed by atoms with Crippen molar-refractivity contribution in [3.8, 4) is 0 Å². The van der Waals surface area contributed by atoms with Crippen LogP contribution in [0.1, 0.15) is 112 Å². The van der Waals surface area contributed by atoms with Gasteiger partial charge in [-0.1, -0.05) is 33.1 Å². The van der Waals surface area contributed by atoms with Crippen molar-refractivity contribution >= 4 is 40.8 Å². The molecule has 2 aromatic rings. The molecule has 0 aliphatic carbocycles. The number of carbonyl (C=O) groups is 2. The predicted octanol–water partition coefficient (Wildman–Crippen LogP) is 6.65. The molecule has 4 rings (SSSR count). The van der Waals surface area contributed by atoms with Crippen LogP contribution in [0.3, 0.4) is 0 Å². The summed E-state index contributed by atoms with van der Waals surface area (Å²) in [4.78, 5) is 37.0. The highest BCUT2D eigenvalue weighted by Crippen LogP contribution is 2.33. The van der Waals surface area contributed by atoms with Gasteiger partial charge in [0.1, 0.15) is 22.0 Å². The number of hydrogen-bond donors (Lipinski definition) is 1. The number of aromatic nitrogens is 4. The second kappa shape index (κ2) is 15.6. The van der Waals surface area contributed by atoms with Crippen LogP contribution in [-0.2, 0) is 19.0 Å². The number of ether oxygens (including phenoxy) is 3. The first-order chi connectivity index (χ1) is 21.0. The molecule has 2 fully saturated rings. The summed E-state index contributed by atoms with van der Waals surface area (Å²) < 4.78 is 19.0. The highest BCUT2D eigenvalue weighted by atomic mass is 32.2. The Bertz CT molecular complexity index is 1230. The summed E-state index contributed by atoms with van der Waals surface area (Å²) in [5.74, 6) is 1.60. The number of piperidine rings is 1. The van der Waals surface area contributed by atoms with Gasteiger partial charge in [-0.3, -0.25) is 4.79 Å². The Morgan fingerprint density at radius 1 is 1.23 bits per heavy atom. The standard InChI is InChI=1S/C32H52N6O5S/c1-7-9-12-23(8-2)22-42-26(39)14-20-44-29-27-28(38(36-29)25-13-10-11-19-41-25)34-24(21-33-27)37-17-15-32(6,16-18-37)35-30(40)43-31(3,4)5/h21,23,25H,7-20,22H2,1-6H3,(H,35,40). The second-order valence-electron chi connectivity index (χ2n) is 13.3. The van der Waals surface area contributed by atoms with Crippen molar-refractivity contribution in [2.24, 2.45) is 5.92 Å². The number of carbonyl (C=O) groups excluding carboxylic acids is 2. The molecule has 1 amide bonds. The third kappa shape index (κ3) is 9.70. The number of nitrogens with one attached hydrogen (secondary N) is 1. The van der Waals surface area contributed by atoms with Crippen LogP contribution < -0.4 is 10.2 Å². The van der Waals surface area contributed by atoms with Gasteiger partial charge in [0, 0.05) is 31.0 Å². The molecule has 0 bridgehead atoms. The van der Waals surface area contributed by atoms with E-state index in [1.54, 1.807) is 6.20 Å². The Morgan fingerprint density at radius 3 is 2.66 bits per heavy atom. The molecule has 11 nitrogen and oxygen atoms in total. The average molecular weight is 633 g/mol. The zero-order valence-electron chi connectivity index (χ0n) is 27.5. The average Bonchev–Trinajstić information content (AvgIpc) is 3.34. The summed E-state index contributed by atoms with van der Waals surface area (Å²) in [7, 11) is 0. The molecular weight excluding hydrogens is 580 g/mol. The Balaban J connectivity index is 1.41. The first kappa shape index (κ1) is 34.3. The maximum absolute atomic E-state index is 12.5. The van der Waals surface area contributed by atoms with Gasteiger partial charge in [0.2, 0.25) is 0 Å². The van der Waals surface area contributed by atoms with E-state index in [9.17, 15) is 9.59 Å². The molecule has 2 aliphatic heterocycles. The molecule has 2 saturated heterocycles. The fourth-order valence-corrected chi connectivity index (χ4v) is 6.45. The van der Waals surface area contributed by atoms with E-state index in [2.05, 4.69) is 31.0 Å². The fourth-order valence-electron chi connectivity index (χ4n) is 5.56. The van der Waals surface area contributed by atoms with Crippen LogP contribution in [0.5, 0.6) is 0 Å². The largest absolute Gasteiger partial charge is 0.465 e. The van der Waals surface area contributed by atoms with Crippen LogP contribution in [0.15, 0.2) is 11.2 Å². The first-order valence-electron chi connectivity index (χ1n) is 16.4. The van der Waals surface area contributed by atoms with Crippen LogP contribution in [0.2, 0.25) is 0 Å². The molecule has 44 heavy (non-hydrogen) atoms. The number of thioether (sulfide) groups is 1. The maximum Gasteiger partial charge on any atom is 0.408 e. The number of alkyl carbamates (subject to hydrolysis) is 1. The highest BCUT2D eigenvalue weighted by Gasteiger charge is 2.34. The Kier molecular flexibility index (Phi) is 12.2. The molecule has 2 atom stereocenters. The summed E-state index contributed by atoms with van der Waals surface area (Å²) in [6, 6.07) is 0. The zero-order chi connectivity index (χ0) is 31.7. The number of rotatable bonds is 13. The van der Waals surface area contributed by atoms with E-state index in [4.69, 9.17) is 29.3 Å². The first-order valence-corrected chi connectivity index (χ1v) is 17.4. The zero-order valence-corrected chi connectivity index (χ0v) is 28.3. The number of hydrogen-bond acceptors (Lipinski definition) is 10. The molecule has 12 heteroatoms. The molecule has 1 N–H and O–H groups in total. The van der Waals surface area contributed by atoms with Crippen molar-refractivity contribution in [1.29, 1.82) is 0 Å². The lowest BCUT2D eigenvalue weighted by Crippen LogP contribution is -2.54. The molecule has 2 aliphatic rings. The van der Waals surface area contributed by atoms with Crippen molar-refractivity contribution in [1.82, 2.24) is 25.1 Å². The number of fused-ring (bicyclic) bond motifs is 1. The summed E-state index contributed by atoms with van der Waals surface area (Å²) in [5, 5.41) is 8.72. The molecule has 2 unspecified atom stereocenters. The number of anilines is 1. The summed E-state index contributed by atoms with van der Waals surface area (Å²) in [6.45, 7) is 14.6. The van der Waals surface area contributed by atoms with E-state index in [0.29, 0.717) is 37.0 Å². The van der Waals surface area contributed by atoms with E-state index in [-0.39, 0.29) is 23.8 Å². The lowest BCUT2D eigenvalue weighted by Gasteiger charge is -2.40. The van der Waals surface area contributed by atoms with Gasteiger partial charge in [-0.25, -0.2) is 19.4 Å². The molecule has 246 valence electrons. The second-order valence-corrected chi connectivity index (χ2v) is 14.4. The molecule has 0 radical (unpaired) electrons. The fraction of sp³-hybridized carbons (Fsp3) is 0.781. The quantitative estimate of drug-likeness (QED) is 0.190. The lowest BCUT2D eigenvalue weighted by molar-refractivity contribution is -0.144. The van der Waals surface area contributed by atoms with E-state index < -0.39 is 5.60 Å². The number of amides is 1. The van der Waals surface area contributed by atoms with Gasteiger partial charge in [-0.05, 0) is 72.1 Å². The van der Waals surface area contributed by atoms with Crippen LogP contribution in [0, 0.1) is 5.92 Å². The van der Waals surface area contributed by atoms with Crippen molar-refractivity contribution in [2.75, 3.05) is 37.0 Å². The minimum absolute atomic E-state index is 0.168. The predicted molar refractivity (Wildman–Crippen MR) is 173 cm³/mol. The molecular formula is C32H52N6O5S. The van der Waals surface area contributed by atoms with Crippen molar-refractivity contribution in [2.45, 2.75) is 128 Å². The number of esters is 1. The van der Waals surface area contributed by atoms with Crippen molar-refractivity contribution in [3.05, 3.63) is 6.20 Å². The molecule has 0 spiro atoms. The van der Waals surface area contributed by atoms with E-state index >= 15 is 0 Å². The van der Waals surface area contributed by atoms with Gasteiger partial charge in [-0.2, -0.15) is 5.10 Å². The minimum Gasteiger partial charge on any atom is -0.465 e. The normalized spacial score (nSPS) is 19.5. The van der Waals surface area contributed by atoms with Gasteiger partial charge < -0.3 is 24.4 Å². The third-order valence-corrected chi connectivity index (χ3v) is 9.31. The van der Waals surface area contributed by atoms with Crippen LogP contribution >= 0.6 is 11.8 Å². The van der Waals surface area contributed by atoms with Gasteiger partial charge in [-0.15, -0.1) is 11.8 Å². The number of unbranched alkanes of at least 4 members (excludes halogenated alkanes) is 1. The molecule has 0 aromatic carbocycles. The molecule has 2 aromatic heterocycles. The monoisotopic (exact) mass is 632 g/mol. The Labute approximate surface area is 266 Å². The van der Waals surface area contributed by atoms with Gasteiger partial charge in [0.15, 0.2) is 11.9 Å². The minimum atomic E-state index is -0.538. The summed E-state index contributed by atoms with van der Waals surface area (Å²) >= 11 is 1.51. The highest BCUT2D eigenvalue weighted by molar-refractivity contribution is 7.99.